The Labute approximate surface area is 133 Å². The van der Waals surface area contributed by atoms with Crippen molar-refractivity contribution in [3.05, 3.63) is 49.6 Å². The molecule has 8 nitrogen and oxygen atoms in total. The summed E-state index contributed by atoms with van der Waals surface area (Å²) in [6.45, 7) is 6.08. The van der Waals surface area contributed by atoms with Crippen molar-refractivity contribution >= 4 is 22.8 Å². The maximum Gasteiger partial charge on any atom is 0.301 e. The monoisotopic (exact) mass is 318 g/mol. The molecule has 1 N–H and O–H groups in total. The first-order valence-electron chi connectivity index (χ1n) is 7.24. The Balaban J connectivity index is 2.37. The van der Waals surface area contributed by atoms with Crippen molar-refractivity contribution in [2.75, 3.05) is 5.43 Å². The lowest BCUT2D eigenvalue weighted by molar-refractivity contribution is -0.393. The highest BCUT2D eigenvalue weighted by atomic mass is 16.6. The normalized spacial score (nSPS) is 19.0. The summed E-state index contributed by atoms with van der Waals surface area (Å²) in [5.74, 6) is 0.268. The highest BCUT2D eigenvalue weighted by Crippen LogP contribution is 2.32. The fourth-order valence-corrected chi connectivity index (χ4v) is 2.61. The van der Waals surface area contributed by atoms with Gasteiger partial charge in [0.05, 0.1) is 21.6 Å². The van der Waals surface area contributed by atoms with Crippen LogP contribution in [0.15, 0.2) is 34.4 Å². The SMILES string of the molecule is CC(C)=C1CC[C@H](C)/C1=N/Nc1ccc([N+](=O)[O-])cc1[N+](=O)[O-]. The van der Waals surface area contributed by atoms with Crippen molar-refractivity contribution in [1.82, 2.24) is 0 Å². The third-order valence-corrected chi connectivity index (χ3v) is 3.89. The molecule has 1 aromatic rings. The standard InChI is InChI=1S/C15H18N4O4/c1-9(2)12-6-4-10(3)15(12)17-16-13-7-5-11(18(20)21)8-14(13)19(22)23/h5,7-8,10,16H,4,6H2,1-3H3/b17-15-/t10-/m0/s1. The fourth-order valence-electron chi connectivity index (χ4n) is 2.61. The van der Waals surface area contributed by atoms with Gasteiger partial charge in [-0.05, 0) is 38.3 Å². The summed E-state index contributed by atoms with van der Waals surface area (Å²) in [5.41, 5.74) is 5.38. The number of nitrogens with zero attached hydrogens (tertiary/aromatic N) is 3. The van der Waals surface area contributed by atoms with Crippen LogP contribution in [0.1, 0.15) is 33.6 Å². The molecule has 0 saturated heterocycles. The van der Waals surface area contributed by atoms with Gasteiger partial charge in [-0.25, -0.2) is 0 Å². The molecule has 0 aromatic heterocycles. The number of allylic oxidation sites excluding steroid dienone is 2. The first-order valence-corrected chi connectivity index (χ1v) is 7.24. The molecule has 0 spiro atoms. The van der Waals surface area contributed by atoms with E-state index in [9.17, 15) is 20.2 Å². The molecule has 0 bridgehead atoms. The van der Waals surface area contributed by atoms with Gasteiger partial charge < -0.3 is 0 Å². The molecule has 0 aliphatic heterocycles. The molecule has 2 rings (SSSR count). The summed E-state index contributed by atoms with van der Waals surface area (Å²) in [4.78, 5) is 20.5. The Morgan fingerprint density at radius 2 is 1.96 bits per heavy atom. The van der Waals surface area contributed by atoms with Gasteiger partial charge in [0.25, 0.3) is 5.69 Å². The number of non-ortho nitro benzene ring substituents is 1. The molecule has 1 aliphatic rings. The Morgan fingerprint density at radius 1 is 1.26 bits per heavy atom. The molecule has 8 heteroatoms. The van der Waals surface area contributed by atoms with Crippen LogP contribution in [0, 0.1) is 26.1 Å². The fraction of sp³-hybridized carbons (Fsp3) is 0.400. The predicted octanol–water partition coefficient (Wildman–Crippen LogP) is 4.04. The van der Waals surface area contributed by atoms with Gasteiger partial charge in [-0.3, -0.25) is 25.7 Å². The number of benzene rings is 1. The Kier molecular flexibility index (Phi) is 4.73. The third-order valence-electron chi connectivity index (χ3n) is 3.89. The van der Waals surface area contributed by atoms with Gasteiger partial charge >= 0.3 is 5.69 Å². The molecule has 1 fully saturated rings. The van der Waals surface area contributed by atoms with E-state index in [4.69, 9.17) is 0 Å². The zero-order chi connectivity index (χ0) is 17.1. The van der Waals surface area contributed by atoms with Crippen molar-refractivity contribution in [3.63, 3.8) is 0 Å². The van der Waals surface area contributed by atoms with E-state index in [0.717, 1.165) is 30.2 Å². The molecule has 0 radical (unpaired) electrons. The lowest BCUT2D eigenvalue weighted by atomic mass is 10.1. The molecule has 0 amide bonds. The van der Waals surface area contributed by atoms with E-state index in [1.54, 1.807) is 0 Å². The largest absolute Gasteiger partial charge is 0.301 e. The first-order chi connectivity index (χ1) is 10.8. The number of nitrogens with one attached hydrogen (secondary N) is 1. The van der Waals surface area contributed by atoms with Gasteiger partial charge in [0.2, 0.25) is 0 Å². The summed E-state index contributed by atoms with van der Waals surface area (Å²) in [6, 6.07) is 3.46. The average Bonchev–Trinajstić information content (AvgIpc) is 2.85. The number of nitro groups is 2. The highest BCUT2D eigenvalue weighted by molar-refractivity contribution is 6.04. The Hall–Kier alpha value is -2.77. The van der Waals surface area contributed by atoms with Crippen LogP contribution in [0.25, 0.3) is 0 Å². The number of rotatable bonds is 4. The maximum absolute atomic E-state index is 11.1. The van der Waals surface area contributed by atoms with Gasteiger partial charge in [0.1, 0.15) is 5.69 Å². The molecule has 23 heavy (non-hydrogen) atoms. The van der Waals surface area contributed by atoms with E-state index in [1.807, 2.05) is 13.8 Å². The second-order valence-corrected chi connectivity index (χ2v) is 5.74. The number of hydrazone groups is 1. The summed E-state index contributed by atoms with van der Waals surface area (Å²) >= 11 is 0. The van der Waals surface area contributed by atoms with E-state index >= 15 is 0 Å². The summed E-state index contributed by atoms with van der Waals surface area (Å²) in [5, 5.41) is 26.2. The van der Waals surface area contributed by atoms with Gasteiger partial charge in [0.15, 0.2) is 0 Å². The molecule has 1 aromatic carbocycles. The van der Waals surface area contributed by atoms with Gasteiger partial charge in [-0.15, -0.1) is 0 Å². The number of anilines is 1. The Morgan fingerprint density at radius 3 is 2.52 bits per heavy atom. The summed E-state index contributed by atoms with van der Waals surface area (Å²) in [6.07, 6.45) is 1.93. The average molecular weight is 318 g/mol. The van der Waals surface area contributed by atoms with Crippen LogP contribution in [-0.4, -0.2) is 15.6 Å². The number of hydrogen-bond acceptors (Lipinski definition) is 6. The molecule has 0 heterocycles. The van der Waals surface area contributed by atoms with Crippen LogP contribution in [0.4, 0.5) is 17.1 Å². The second kappa shape index (κ2) is 6.55. The molecule has 1 saturated carbocycles. The number of hydrogen-bond donors (Lipinski definition) is 1. The first kappa shape index (κ1) is 16.6. The topological polar surface area (TPSA) is 111 Å². The summed E-state index contributed by atoms with van der Waals surface area (Å²) < 4.78 is 0. The van der Waals surface area contributed by atoms with Crippen molar-refractivity contribution < 1.29 is 9.85 Å². The smallest absolute Gasteiger partial charge is 0.271 e. The highest BCUT2D eigenvalue weighted by Gasteiger charge is 2.25. The maximum atomic E-state index is 11.1. The van der Waals surface area contributed by atoms with Gasteiger partial charge in [-0.2, -0.15) is 5.10 Å². The van der Waals surface area contributed by atoms with Crippen LogP contribution in [-0.2, 0) is 0 Å². The molecular weight excluding hydrogens is 300 g/mol. The summed E-state index contributed by atoms with van der Waals surface area (Å²) in [7, 11) is 0. The van der Waals surface area contributed by atoms with Crippen molar-refractivity contribution in [3.8, 4) is 0 Å². The third kappa shape index (κ3) is 3.53. The molecule has 122 valence electrons. The molecule has 0 unspecified atom stereocenters. The van der Waals surface area contributed by atoms with E-state index in [2.05, 4.69) is 17.5 Å². The molecule has 1 aliphatic carbocycles. The molecular formula is C15H18N4O4. The van der Waals surface area contributed by atoms with Crippen LogP contribution in [0.5, 0.6) is 0 Å². The Bertz CT molecular complexity index is 720. The van der Waals surface area contributed by atoms with E-state index in [1.165, 1.54) is 17.7 Å². The minimum absolute atomic E-state index is 0.139. The van der Waals surface area contributed by atoms with Crippen LogP contribution in [0.2, 0.25) is 0 Å². The van der Waals surface area contributed by atoms with E-state index in [-0.39, 0.29) is 23.0 Å². The predicted molar refractivity (Wildman–Crippen MR) is 87.6 cm³/mol. The zero-order valence-corrected chi connectivity index (χ0v) is 13.2. The van der Waals surface area contributed by atoms with Crippen LogP contribution >= 0.6 is 0 Å². The van der Waals surface area contributed by atoms with Crippen molar-refractivity contribution in [2.45, 2.75) is 33.6 Å². The number of nitro benzene ring substituents is 2. The zero-order valence-electron chi connectivity index (χ0n) is 13.2. The van der Waals surface area contributed by atoms with E-state index in [0.29, 0.717) is 0 Å². The minimum atomic E-state index is -0.664. The quantitative estimate of drug-likeness (QED) is 0.665. The van der Waals surface area contributed by atoms with Crippen LogP contribution < -0.4 is 5.43 Å². The molecule has 1 atom stereocenters. The van der Waals surface area contributed by atoms with Crippen molar-refractivity contribution in [2.24, 2.45) is 11.0 Å². The second-order valence-electron chi connectivity index (χ2n) is 5.74. The van der Waals surface area contributed by atoms with Gasteiger partial charge in [0, 0.05) is 12.0 Å². The van der Waals surface area contributed by atoms with Crippen molar-refractivity contribution in [1.29, 1.82) is 0 Å². The van der Waals surface area contributed by atoms with Gasteiger partial charge in [-0.1, -0.05) is 12.5 Å². The minimum Gasteiger partial charge on any atom is -0.271 e. The lowest BCUT2D eigenvalue weighted by Gasteiger charge is -2.08. The van der Waals surface area contributed by atoms with E-state index < -0.39 is 9.85 Å². The lowest BCUT2D eigenvalue weighted by Crippen LogP contribution is -2.09. The van der Waals surface area contributed by atoms with Crippen LogP contribution in [0.3, 0.4) is 0 Å².